The lowest BCUT2D eigenvalue weighted by atomic mass is 10.0. The highest BCUT2D eigenvalue weighted by Crippen LogP contribution is 2.23. The Kier molecular flexibility index (Phi) is 3.01. The molecule has 4 heteroatoms. The zero-order valence-electron chi connectivity index (χ0n) is 9.05. The van der Waals surface area contributed by atoms with Crippen molar-refractivity contribution in [1.82, 2.24) is 9.97 Å². The van der Waals surface area contributed by atoms with Gasteiger partial charge in [0.05, 0.1) is 24.8 Å². The predicted molar refractivity (Wildman–Crippen MR) is 61.3 cm³/mol. The molecule has 0 aliphatic rings. The fourth-order valence-corrected chi connectivity index (χ4v) is 1.57. The molecule has 0 aliphatic carbocycles. The van der Waals surface area contributed by atoms with Gasteiger partial charge < -0.3 is 9.84 Å². The topological polar surface area (TPSA) is 55.2 Å². The molecule has 2 heterocycles. The zero-order chi connectivity index (χ0) is 11.5. The fourth-order valence-electron chi connectivity index (χ4n) is 1.57. The number of hydrogen-bond donors (Lipinski definition) is 1. The number of nitrogens with zero attached hydrogens (tertiary/aromatic N) is 2. The number of hydrogen-bond acceptors (Lipinski definition) is 4. The van der Waals surface area contributed by atoms with Gasteiger partial charge in [-0.15, -0.1) is 0 Å². The molecular formula is C12H13N2O2. The lowest BCUT2D eigenvalue weighted by Crippen LogP contribution is -2.02. The van der Waals surface area contributed by atoms with E-state index < -0.39 is 0 Å². The second-order valence-electron chi connectivity index (χ2n) is 3.50. The lowest BCUT2D eigenvalue weighted by Gasteiger charge is -2.11. The number of ether oxygens (including phenoxy) is 1. The van der Waals surface area contributed by atoms with Crippen LogP contribution in [0.1, 0.15) is 11.5 Å². The molecule has 0 aliphatic heterocycles. The molecule has 0 saturated carbocycles. The van der Waals surface area contributed by atoms with Crippen molar-refractivity contribution in [2.45, 2.75) is 5.92 Å². The van der Waals surface area contributed by atoms with E-state index in [1.165, 1.54) is 0 Å². The van der Waals surface area contributed by atoms with Crippen LogP contribution in [0.4, 0.5) is 0 Å². The van der Waals surface area contributed by atoms with Crippen LogP contribution in [0.5, 0.6) is 5.88 Å². The van der Waals surface area contributed by atoms with Crippen LogP contribution in [0.2, 0.25) is 0 Å². The molecule has 1 atom stereocenters. The van der Waals surface area contributed by atoms with E-state index >= 15 is 0 Å². The van der Waals surface area contributed by atoms with Crippen LogP contribution in [-0.4, -0.2) is 28.8 Å². The number of aliphatic hydroxyl groups is 1. The third kappa shape index (κ3) is 1.84. The van der Waals surface area contributed by atoms with Crippen molar-refractivity contribution in [2.24, 2.45) is 0 Å². The van der Waals surface area contributed by atoms with E-state index in [4.69, 9.17) is 9.84 Å². The first-order chi connectivity index (χ1) is 7.76. The summed E-state index contributed by atoms with van der Waals surface area (Å²) in [6, 6.07) is 5.42. The minimum absolute atomic E-state index is 0.0159. The van der Waals surface area contributed by atoms with E-state index in [2.05, 4.69) is 16.9 Å². The largest absolute Gasteiger partial charge is 0.481 e. The summed E-state index contributed by atoms with van der Waals surface area (Å²) < 4.78 is 5.07. The average molecular weight is 217 g/mol. The number of pyridine rings is 2. The van der Waals surface area contributed by atoms with Gasteiger partial charge in [0.15, 0.2) is 0 Å². The van der Waals surface area contributed by atoms with Crippen LogP contribution in [-0.2, 0) is 0 Å². The van der Waals surface area contributed by atoms with Crippen molar-refractivity contribution < 1.29 is 9.84 Å². The minimum atomic E-state index is -0.204. The third-order valence-corrected chi connectivity index (χ3v) is 2.46. The normalized spacial score (nSPS) is 12.7. The minimum Gasteiger partial charge on any atom is -0.481 e. The number of aromatic nitrogens is 2. The molecule has 83 valence electrons. The van der Waals surface area contributed by atoms with E-state index in [1.807, 2.05) is 12.1 Å². The molecule has 1 N–H and O–H groups in total. The third-order valence-electron chi connectivity index (χ3n) is 2.46. The van der Waals surface area contributed by atoms with E-state index in [0.717, 1.165) is 16.6 Å². The van der Waals surface area contributed by atoms with Gasteiger partial charge in [0.2, 0.25) is 5.88 Å². The van der Waals surface area contributed by atoms with Crippen LogP contribution in [0.25, 0.3) is 11.0 Å². The monoisotopic (exact) mass is 217 g/mol. The van der Waals surface area contributed by atoms with Crippen molar-refractivity contribution in [3.8, 4) is 5.88 Å². The van der Waals surface area contributed by atoms with Gasteiger partial charge >= 0.3 is 0 Å². The molecule has 0 spiro atoms. The average Bonchev–Trinajstić information content (AvgIpc) is 2.36. The summed E-state index contributed by atoms with van der Waals surface area (Å²) in [6.07, 6.45) is 1.69. The Morgan fingerprint density at radius 2 is 2.25 bits per heavy atom. The Labute approximate surface area is 93.9 Å². The van der Waals surface area contributed by atoms with Gasteiger partial charge in [-0.05, 0) is 24.6 Å². The van der Waals surface area contributed by atoms with E-state index in [9.17, 15) is 0 Å². The highest BCUT2D eigenvalue weighted by molar-refractivity contribution is 5.78. The van der Waals surface area contributed by atoms with Crippen molar-refractivity contribution in [2.75, 3.05) is 13.7 Å². The maximum Gasteiger partial charge on any atom is 0.213 e. The Morgan fingerprint density at radius 3 is 2.94 bits per heavy atom. The molecule has 0 fully saturated rings. The molecule has 1 radical (unpaired) electrons. The SMILES string of the molecule is [CH2][C@H](CO)c1ccnc2ccc(OC)nc12. The first-order valence-electron chi connectivity index (χ1n) is 5.00. The van der Waals surface area contributed by atoms with Crippen LogP contribution in [0.15, 0.2) is 24.4 Å². The molecule has 16 heavy (non-hydrogen) atoms. The molecule has 0 bridgehead atoms. The van der Waals surface area contributed by atoms with E-state index in [-0.39, 0.29) is 12.5 Å². The second-order valence-corrected chi connectivity index (χ2v) is 3.50. The smallest absolute Gasteiger partial charge is 0.213 e. The summed E-state index contributed by atoms with van der Waals surface area (Å²) in [4.78, 5) is 8.53. The molecule has 2 aromatic heterocycles. The van der Waals surface area contributed by atoms with Crippen LogP contribution < -0.4 is 4.74 Å². The summed E-state index contributed by atoms with van der Waals surface area (Å²) in [5.41, 5.74) is 2.39. The number of aliphatic hydroxyl groups excluding tert-OH is 1. The lowest BCUT2D eigenvalue weighted by molar-refractivity contribution is 0.283. The first-order valence-corrected chi connectivity index (χ1v) is 5.00. The highest BCUT2D eigenvalue weighted by Gasteiger charge is 2.10. The van der Waals surface area contributed by atoms with Gasteiger partial charge in [-0.25, -0.2) is 4.98 Å². The predicted octanol–water partition coefficient (Wildman–Crippen LogP) is 1.55. The Balaban J connectivity index is 2.64. The van der Waals surface area contributed by atoms with Crippen LogP contribution >= 0.6 is 0 Å². The van der Waals surface area contributed by atoms with Crippen LogP contribution in [0.3, 0.4) is 0 Å². The summed E-state index contributed by atoms with van der Waals surface area (Å²) in [5.74, 6) is 0.331. The standard InChI is InChI=1S/C12H13N2O2/c1-8(7-15)9-5-6-13-10-3-4-11(16-2)14-12(9)10/h3-6,8,15H,1,7H2,2H3/t8-/m1/s1. The van der Waals surface area contributed by atoms with Gasteiger partial charge in [0, 0.05) is 18.2 Å². The Bertz CT molecular complexity index is 499. The molecule has 2 rings (SSSR count). The van der Waals surface area contributed by atoms with E-state index in [0.29, 0.717) is 5.88 Å². The van der Waals surface area contributed by atoms with Gasteiger partial charge in [-0.2, -0.15) is 0 Å². The Morgan fingerprint density at radius 1 is 1.44 bits per heavy atom. The maximum absolute atomic E-state index is 9.13. The van der Waals surface area contributed by atoms with E-state index in [1.54, 1.807) is 19.4 Å². The summed E-state index contributed by atoms with van der Waals surface area (Å²) in [7, 11) is 1.57. The second kappa shape index (κ2) is 4.45. The number of rotatable bonds is 3. The van der Waals surface area contributed by atoms with Gasteiger partial charge in [-0.1, -0.05) is 0 Å². The number of fused-ring (bicyclic) bond motifs is 1. The molecule has 0 unspecified atom stereocenters. The summed E-state index contributed by atoms with van der Waals surface area (Å²) in [5, 5.41) is 9.13. The maximum atomic E-state index is 9.13. The quantitative estimate of drug-likeness (QED) is 0.847. The molecule has 4 nitrogen and oxygen atoms in total. The molecule has 0 amide bonds. The molecule has 2 aromatic rings. The van der Waals surface area contributed by atoms with Crippen molar-refractivity contribution >= 4 is 11.0 Å². The highest BCUT2D eigenvalue weighted by atomic mass is 16.5. The molecule has 0 aromatic carbocycles. The molecule has 0 saturated heterocycles. The van der Waals surface area contributed by atoms with Crippen molar-refractivity contribution in [3.63, 3.8) is 0 Å². The molecular weight excluding hydrogens is 204 g/mol. The Hall–Kier alpha value is -1.68. The van der Waals surface area contributed by atoms with Crippen molar-refractivity contribution in [1.29, 1.82) is 0 Å². The summed E-state index contributed by atoms with van der Waals surface area (Å²) >= 11 is 0. The summed E-state index contributed by atoms with van der Waals surface area (Å²) in [6.45, 7) is 3.86. The fraction of sp³-hybridized carbons (Fsp3) is 0.250. The zero-order valence-corrected chi connectivity index (χ0v) is 9.05. The van der Waals surface area contributed by atoms with Gasteiger partial charge in [0.25, 0.3) is 0 Å². The van der Waals surface area contributed by atoms with Crippen LogP contribution in [0, 0.1) is 6.92 Å². The van der Waals surface area contributed by atoms with Crippen molar-refractivity contribution in [3.05, 3.63) is 36.9 Å². The number of methoxy groups -OCH3 is 1. The van der Waals surface area contributed by atoms with Gasteiger partial charge in [0.1, 0.15) is 0 Å². The van der Waals surface area contributed by atoms with Gasteiger partial charge in [-0.3, -0.25) is 4.98 Å². The first kappa shape index (κ1) is 10.8.